The minimum atomic E-state index is -0.795. The van der Waals surface area contributed by atoms with Gasteiger partial charge in [0, 0.05) is 4.88 Å². The molecule has 0 bridgehead atoms. The quantitative estimate of drug-likeness (QED) is 0.720. The van der Waals surface area contributed by atoms with Gasteiger partial charge in [-0.3, -0.25) is 4.79 Å². The molecule has 5 heteroatoms. The number of thiophene rings is 1. The Kier molecular flexibility index (Phi) is 1.93. The molecule has 0 amide bonds. The zero-order chi connectivity index (χ0) is 10.3. The van der Waals surface area contributed by atoms with Crippen molar-refractivity contribution in [2.45, 2.75) is 12.8 Å². The average molecular weight is 208 g/mol. The molecule has 14 heavy (non-hydrogen) atoms. The monoisotopic (exact) mass is 208 g/mol. The highest BCUT2D eigenvalue weighted by Crippen LogP contribution is 2.39. The summed E-state index contributed by atoms with van der Waals surface area (Å²) in [6.07, 6.45) is 0.961. The van der Waals surface area contributed by atoms with Crippen LogP contribution in [0.3, 0.4) is 0 Å². The second-order valence-corrected chi connectivity index (χ2v) is 4.44. The van der Waals surface area contributed by atoms with Gasteiger partial charge in [0.2, 0.25) is 0 Å². The van der Waals surface area contributed by atoms with Gasteiger partial charge in [0.05, 0.1) is 11.5 Å². The van der Waals surface area contributed by atoms with E-state index in [4.69, 9.17) is 16.1 Å². The molecule has 0 spiro atoms. The number of fused-ring (bicyclic) bond motifs is 1. The SMILES string of the molecule is N#Cc1c(N)sc2c1C[C@H](C(=O)O)C2. The molecule has 1 aromatic rings. The van der Waals surface area contributed by atoms with Crippen LogP contribution in [0.2, 0.25) is 0 Å². The largest absolute Gasteiger partial charge is 0.481 e. The number of hydrogen-bond acceptors (Lipinski definition) is 4. The van der Waals surface area contributed by atoms with Crippen molar-refractivity contribution in [3.63, 3.8) is 0 Å². The summed E-state index contributed by atoms with van der Waals surface area (Å²) >= 11 is 1.34. The maximum Gasteiger partial charge on any atom is 0.307 e. The first-order valence-electron chi connectivity index (χ1n) is 4.16. The minimum absolute atomic E-state index is 0.371. The van der Waals surface area contributed by atoms with E-state index >= 15 is 0 Å². The molecule has 0 fully saturated rings. The zero-order valence-corrected chi connectivity index (χ0v) is 8.10. The molecule has 1 aromatic heterocycles. The Morgan fingerprint density at radius 1 is 1.64 bits per heavy atom. The van der Waals surface area contributed by atoms with E-state index < -0.39 is 5.97 Å². The maximum absolute atomic E-state index is 10.7. The molecule has 4 nitrogen and oxygen atoms in total. The second kappa shape index (κ2) is 3.00. The summed E-state index contributed by atoms with van der Waals surface area (Å²) in [7, 11) is 0. The highest BCUT2D eigenvalue weighted by molar-refractivity contribution is 7.16. The number of nitrogens with two attached hydrogens (primary N) is 1. The number of nitrogen functional groups attached to an aromatic ring is 1. The number of nitriles is 1. The van der Waals surface area contributed by atoms with E-state index in [1.165, 1.54) is 11.3 Å². The summed E-state index contributed by atoms with van der Waals surface area (Å²) in [6, 6.07) is 2.03. The van der Waals surface area contributed by atoms with Gasteiger partial charge in [0.25, 0.3) is 0 Å². The number of carbonyl (C=O) groups is 1. The standard InChI is InChI=1S/C9H8N2O2S/c10-3-6-5-1-4(9(12)13)2-7(5)14-8(6)11/h4H,1-2,11H2,(H,12,13)/t4-/m0/s1. The van der Waals surface area contributed by atoms with Crippen LogP contribution in [-0.4, -0.2) is 11.1 Å². The lowest BCUT2D eigenvalue weighted by Crippen LogP contribution is -2.13. The second-order valence-electron chi connectivity index (χ2n) is 3.30. The van der Waals surface area contributed by atoms with E-state index in [9.17, 15) is 4.79 Å². The van der Waals surface area contributed by atoms with Crippen molar-refractivity contribution in [3.05, 3.63) is 16.0 Å². The lowest BCUT2D eigenvalue weighted by atomic mass is 10.1. The zero-order valence-electron chi connectivity index (χ0n) is 7.28. The fourth-order valence-electron chi connectivity index (χ4n) is 1.75. The molecule has 1 atom stereocenters. The fourth-order valence-corrected chi connectivity index (χ4v) is 2.88. The van der Waals surface area contributed by atoms with E-state index in [1.54, 1.807) is 0 Å². The smallest absolute Gasteiger partial charge is 0.307 e. The van der Waals surface area contributed by atoms with Crippen molar-refractivity contribution in [2.24, 2.45) is 5.92 Å². The molecular weight excluding hydrogens is 200 g/mol. The molecule has 1 heterocycles. The summed E-state index contributed by atoms with van der Waals surface area (Å²) in [5.74, 6) is -1.17. The van der Waals surface area contributed by atoms with Crippen molar-refractivity contribution in [1.82, 2.24) is 0 Å². The Hall–Kier alpha value is -1.54. The summed E-state index contributed by atoms with van der Waals surface area (Å²) in [4.78, 5) is 11.7. The first-order chi connectivity index (χ1) is 6.63. The summed E-state index contributed by atoms with van der Waals surface area (Å²) < 4.78 is 0. The first-order valence-corrected chi connectivity index (χ1v) is 4.98. The molecule has 2 rings (SSSR count). The van der Waals surface area contributed by atoms with E-state index in [-0.39, 0.29) is 5.92 Å². The van der Waals surface area contributed by atoms with Gasteiger partial charge in [0.1, 0.15) is 11.1 Å². The van der Waals surface area contributed by atoms with Crippen molar-refractivity contribution in [1.29, 1.82) is 5.26 Å². The molecule has 0 unspecified atom stereocenters. The van der Waals surface area contributed by atoms with Crippen LogP contribution in [0.15, 0.2) is 0 Å². The van der Waals surface area contributed by atoms with Gasteiger partial charge in [-0.25, -0.2) is 0 Å². The van der Waals surface area contributed by atoms with Crippen LogP contribution in [-0.2, 0) is 17.6 Å². The molecule has 72 valence electrons. The van der Waals surface area contributed by atoms with Gasteiger partial charge in [-0.2, -0.15) is 5.26 Å². The number of nitrogens with zero attached hydrogens (tertiary/aromatic N) is 1. The molecule has 0 saturated carbocycles. The van der Waals surface area contributed by atoms with Crippen molar-refractivity contribution < 1.29 is 9.90 Å². The lowest BCUT2D eigenvalue weighted by Gasteiger charge is -2.00. The van der Waals surface area contributed by atoms with Crippen molar-refractivity contribution >= 4 is 22.3 Å². The van der Waals surface area contributed by atoms with Crippen LogP contribution in [0, 0.1) is 17.2 Å². The van der Waals surface area contributed by atoms with Crippen LogP contribution in [0.4, 0.5) is 5.00 Å². The fraction of sp³-hybridized carbons (Fsp3) is 0.333. The highest BCUT2D eigenvalue weighted by atomic mass is 32.1. The van der Waals surface area contributed by atoms with Crippen molar-refractivity contribution in [2.75, 3.05) is 5.73 Å². The van der Waals surface area contributed by atoms with Gasteiger partial charge in [-0.1, -0.05) is 0 Å². The molecule has 3 N–H and O–H groups in total. The number of anilines is 1. The Bertz CT molecular complexity index is 444. The first kappa shape index (κ1) is 9.03. The third kappa shape index (κ3) is 1.16. The average Bonchev–Trinajstić information content (AvgIpc) is 2.60. The molecule has 1 aliphatic carbocycles. The van der Waals surface area contributed by atoms with Gasteiger partial charge in [-0.05, 0) is 18.4 Å². The number of rotatable bonds is 1. The number of carboxylic acid groups (broad SMARTS) is 1. The topological polar surface area (TPSA) is 87.1 Å². The van der Waals surface area contributed by atoms with Gasteiger partial charge < -0.3 is 10.8 Å². The van der Waals surface area contributed by atoms with Gasteiger partial charge >= 0.3 is 5.97 Å². The summed E-state index contributed by atoms with van der Waals surface area (Å²) in [6.45, 7) is 0. The molecule has 0 aliphatic heterocycles. The predicted octanol–water partition coefficient (Wildman–Crippen LogP) is 1.00. The summed E-state index contributed by atoms with van der Waals surface area (Å²) in [5.41, 5.74) is 6.96. The maximum atomic E-state index is 10.7. The van der Waals surface area contributed by atoms with E-state index in [0.29, 0.717) is 23.4 Å². The Morgan fingerprint density at radius 3 is 2.93 bits per heavy atom. The summed E-state index contributed by atoms with van der Waals surface area (Å²) in [5, 5.41) is 18.2. The lowest BCUT2D eigenvalue weighted by molar-refractivity contribution is -0.141. The third-order valence-electron chi connectivity index (χ3n) is 2.46. The molecule has 0 saturated heterocycles. The Labute approximate surface area is 84.6 Å². The molecule has 1 aliphatic rings. The number of carboxylic acids is 1. The molecule has 0 radical (unpaired) electrons. The van der Waals surface area contributed by atoms with Crippen LogP contribution in [0.5, 0.6) is 0 Å². The van der Waals surface area contributed by atoms with E-state index in [1.807, 2.05) is 6.07 Å². The van der Waals surface area contributed by atoms with Crippen LogP contribution >= 0.6 is 11.3 Å². The third-order valence-corrected chi connectivity index (χ3v) is 3.54. The van der Waals surface area contributed by atoms with Crippen LogP contribution < -0.4 is 5.73 Å². The Balaban J connectivity index is 2.39. The Morgan fingerprint density at radius 2 is 2.36 bits per heavy atom. The minimum Gasteiger partial charge on any atom is -0.481 e. The molecule has 0 aromatic carbocycles. The number of hydrogen-bond donors (Lipinski definition) is 2. The van der Waals surface area contributed by atoms with Gasteiger partial charge in [-0.15, -0.1) is 11.3 Å². The van der Waals surface area contributed by atoms with Crippen LogP contribution in [0.1, 0.15) is 16.0 Å². The number of aliphatic carboxylic acids is 1. The molecular formula is C9H8N2O2S. The van der Waals surface area contributed by atoms with Gasteiger partial charge in [0.15, 0.2) is 0 Å². The van der Waals surface area contributed by atoms with Crippen LogP contribution in [0.25, 0.3) is 0 Å². The highest BCUT2D eigenvalue weighted by Gasteiger charge is 2.31. The normalized spacial score (nSPS) is 18.9. The van der Waals surface area contributed by atoms with E-state index in [2.05, 4.69) is 0 Å². The van der Waals surface area contributed by atoms with E-state index in [0.717, 1.165) is 10.4 Å². The van der Waals surface area contributed by atoms with Crippen molar-refractivity contribution in [3.8, 4) is 6.07 Å². The predicted molar refractivity (Wildman–Crippen MR) is 52.0 cm³/mol.